The number of hydrogen-bond acceptors (Lipinski definition) is 4. The van der Waals surface area contributed by atoms with Crippen LogP contribution in [0.1, 0.15) is 45.4 Å². The molecule has 1 saturated heterocycles. The minimum atomic E-state index is -1.92. The van der Waals surface area contributed by atoms with Crippen molar-refractivity contribution in [2.24, 2.45) is 11.8 Å². The highest BCUT2D eigenvalue weighted by Crippen LogP contribution is 2.38. The lowest BCUT2D eigenvalue weighted by Crippen LogP contribution is -2.23. The SMILES string of the molecule is CCCC(CCC1CC1)Cn1cc(-c2ccc(O)c(N3CC(=O)NS3=O)c2F)cn1. The summed E-state index contributed by atoms with van der Waals surface area (Å²) in [6.45, 7) is 2.70. The van der Waals surface area contributed by atoms with E-state index in [1.165, 1.54) is 37.8 Å². The van der Waals surface area contributed by atoms with Crippen LogP contribution in [-0.4, -0.2) is 31.5 Å². The zero-order chi connectivity index (χ0) is 21.3. The van der Waals surface area contributed by atoms with Crippen LogP contribution < -0.4 is 9.03 Å². The number of phenolic OH excluding ortho intramolecular Hbond substituents is 1. The summed E-state index contributed by atoms with van der Waals surface area (Å²) >= 11 is -1.92. The van der Waals surface area contributed by atoms with Gasteiger partial charge >= 0.3 is 0 Å². The molecule has 2 heterocycles. The predicted octanol–water partition coefficient (Wildman–Crippen LogP) is 3.52. The zero-order valence-corrected chi connectivity index (χ0v) is 17.8. The number of carbonyl (C=O) groups is 1. The largest absolute Gasteiger partial charge is 0.506 e. The Hall–Kier alpha value is -2.42. The molecule has 4 rings (SSSR count). The summed E-state index contributed by atoms with van der Waals surface area (Å²) < 4.78 is 32.4. The van der Waals surface area contributed by atoms with Crippen LogP contribution in [0.2, 0.25) is 0 Å². The van der Waals surface area contributed by atoms with Gasteiger partial charge in [-0.3, -0.25) is 18.5 Å². The van der Waals surface area contributed by atoms with Crippen molar-refractivity contribution in [3.8, 4) is 16.9 Å². The van der Waals surface area contributed by atoms with Gasteiger partial charge in [0.15, 0.2) is 5.82 Å². The molecule has 2 aromatic rings. The Morgan fingerprint density at radius 1 is 1.37 bits per heavy atom. The molecule has 1 saturated carbocycles. The van der Waals surface area contributed by atoms with Crippen molar-refractivity contribution in [2.45, 2.75) is 52.0 Å². The number of aromatic nitrogens is 2. The number of aromatic hydroxyl groups is 1. The zero-order valence-electron chi connectivity index (χ0n) is 17.0. The van der Waals surface area contributed by atoms with Gasteiger partial charge in [-0.1, -0.05) is 32.6 Å². The van der Waals surface area contributed by atoms with Crippen molar-refractivity contribution >= 4 is 22.8 Å². The Labute approximate surface area is 178 Å². The maximum Gasteiger partial charge on any atom is 0.253 e. The first-order chi connectivity index (χ1) is 14.5. The van der Waals surface area contributed by atoms with Gasteiger partial charge in [-0.15, -0.1) is 0 Å². The van der Waals surface area contributed by atoms with Gasteiger partial charge in [0.1, 0.15) is 18.0 Å². The van der Waals surface area contributed by atoms with Gasteiger partial charge in [-0.2, -0.15) is 5.10 Å². The van der Waals surface area contributed by atoms with Crippen molar-refractivity contribution in [3.63, 3.8) is 0 Å². The Kier molecular flexibility index (Phi) is 6.08. The van der Waals surface area contributed by atoms with Gasteiger partial charge < -0.3 is 5.11 Å². The van der Waals surface area contributed by atoms with Crippen LogP contribution >= 0.6 is 0 Å². The normalized spacial score (nSPS) is 19.9. The van der Waals surface area contributed by atoms with Gasteiger partial charge in [0.2, 0.25) is 11.2 Å². The number of carbonyl (C=O) groups excluding carboxylic acids is 1. The molecule has 0 radical (unpaired) electrons. The van der Waals surface area contributed by atoms with E-state index in [1.54, 1.807) is 6.20 Å². The molecule has 30 heavy (non-hydrogen) atoms. The van der Waals surface area contributed by atoms with E-state index in [9.17, 15) is 14.1 Å². The first-order valence-corrected chi connectivity index (χ1v) is 11.6. The number of halogens is 1. The lowest BCUT2D eigenvalue weighted by atomic mass is 9.96. The van der Waals surface area contributed by atoms with Gasteiger partial charge in [0, 0.05) is 23.9 Å². The number of amides is 1. The van der Waals surface area contributed by atoms with E-state index in [0.717, 1.165) is 29.6 Å². The highest BCUT2D eigenvalue weighted by Gasteiger charge is 2.32. The third kappa shape index (κ3) is 4.50. The van der Waals surface area contributed by atoms with Crippen LogP contribution in [-0.2, 0) is 22.5 Å². The highest BCUT2D eigenvalue weighted by atomic mass is 32.2. The minimum Gasteiger partial charge on any atom is -0.506 e. The third-order valence-electron chi connectivity index (χ3n) is 5.80. The molecule has 1 aromatic heterocycles. The number of nitrogens with one attached hydrogen (secondary N) is 1. The molecule has 9 heteroatoms. The number of phenols is 1. The van der Waals surface area contributed by atoms with E-state index >= 15 is 4.39 Å². The third-order valence-corrected chi connectivity index (χ3v) is 6.91. The van der Waals surface area contributed by atoms with E-state index < -0.39 is 22.9 Å². The fraction of sp³-hybridized carbons (Fsp3) is 0.524. The predicted molar refractivity (Wildman–Crippen MR) is 113 cm³/mol. The molecule has 2 fully saturated rings. The molecule has 2 aliphatic rings. The molecule has 2 N–H and O–H groups in total. The maximum atomic E-state index is 15.3. The molecule has 7 nitrogen and oxygen atoms in total. The Morgan fingerprint density at radius 3 is 2.83 bits per heavy atom. The van der Waals surface area contributed by atoms with Gasteiger partial charge in [0.25, 0.3) is 5.91 Å². The quantitative estimate of drug-likeness (QED) is 0.632. The second-order valence-corrected chi connectivity index (χ2v) is 9.38. The van der Waals surface area contributed by atoms with Crippen LogP contribution in [0.5, 0.6) is 5.75 Å². The summed E-state index contributed by atoms with van der Waals surface area (Å²) in [5, 5.41) is 14.6. The van der Waals surface area contributed by atoms with Crippen molar-refractivity contribution < 1.29 is 18.5 Å². The van der Waals surface area contributed by atoms with Gasteiger partial charge in [-0.05, 0) is 36.8 Å². The smallest absolute Gasteiger partial charge is 0.253 e. The van der Waals surface area contributed by atoms with Crippen LogP contribution in [0.3, 0.4) is 0 Å². The van der Waals surface area contributed by atoms with Crippen molar-refractivity contribution in [1.29, 1.82) is 0 Å². The molecule has 0 spiro atoms. The molecule has 1 aromatic carbocycles. The molecule has 0 bridgehead atoms. The summed E-state index contributed by atoms with van der Waals surface area (Å²) in [7, 11) is 0. The number of benzene rings is 1. The van der Waals surface area contributed by atoms with E-state index in [4.69, 9.17) is 0 Å². The average Bonchev–Trinajstić information content (AvgIpc) is 3.33. The first-order valence-electron chi connectivity index (χ1n) is 10.5. The van der Waals surface area contributed by atoms with Crippen LogP contribution in [0.4, 0.5) is 10.1 Å². The second kappa shape index (κ2) is 8.75. The molecule has 2 unspecified atom stereocenters. The van der Waals surface area contributed by atoms with Crippen LogP contribution in [0, 0.1) is 17.7 Å². The van der Waals surface area contributed by atoms with E-state index in [1.807, 2.05) is 10.9 Å². The van der Waals surface area contributed by atoms with Crippen molar-refractivity contribution in [3.05, 3.63) is 30.3 Å². The molecule has 2 atom stereocenters. The van der Waals surface area contributed by atoms with E-state index in [2.05, 4.69) is 16.7 Å². The Bertz CT molecular complexity index is 960. The topological polar surface area (TPSA) is 87.5 Å². The summed E-state index contributed by atoms with van der Waals surface area (Å²) in [6, 6.07) is 2.82. The fourth-order valence-electron chi connectivity index (χ4n) is 4.03. The van der Waals surface area contributed by atoms with Crippen molar-refractivity contribution in [2.75, 3.05) is 10.8 Å². The Morgan fingerprint density at radius 2 is 2.17 bits per heavy atom. The number of rotatable bonds is 9. The minimum absolute atomic E-state index is 0.245. The van der Waals surface area contributed by atoms with Gasteiger partial charge in [-0.25, -0.2) is 8.60 Å². The molecule has 1 amide bonds. The standard InChI is InChI=1S/C21H27FN4O3S/c1-2-3-15(7-6-14-4-5-14)11-25-12-16(10-23-25)17-8-9-18(27)21(20(17)22)26-13-19(28)24-30(26)29/h8-10,12,14-15,27H,2-7,11,13H2,1H3,(H,24,28). The second-order valence-electron chi connectivity index (χ2n) is 8.23. The monoisotopic (exact) mass is 434 g/mol. The molecular weight excluding hydrogens is 407 g/mol. The Balaban J connectivity index is 1.54. The van der Waals surface area contributed by atoms with Crippen LogP contribution in [0.15, 0.2) is 24.5 Å². The summed E-state index contributed by atoms with van der Waals surface area (Å²) in [5.41, 5.74) is 0.580. The average molecular weight is 435 g/mol. The lowest BCUT2D eigenvalue weighted by molar-refractivity contribution is -0.117. The molecule has 1 aliphatic carbocycles. The summed E-state index contributed by atoms with van der Waals surface area (Å²) in [6.07, 6.45) is 10.9. The maximum absolute atomic E-state index is 15.3. The summed E-state index contributed by atoms with van der Waals surface area (Å²) in [5.74, 6) is -0.124. The van der Waals surface area contributed by atoms with E-state index in [-0.39, 0.29) is 23.5 Å². The molecular formula is C21H27FN4O3S. The first kappa shape index (κ1) is 20.8. The van der Waals surface area contributed by atoms with Gasteiger partial charge in [0.05, 0.1) is 6.20 Å². The highest BCUT2D eigenvalue weighted by molar-refractivity contribution is 7.85. The number of nitrogens with zero attached hydrogens (tertiary/aromatic N) is 3. The number of anilines is 1. The molecule has 1 aliphatic heterocycles. The number of hydrogen-bond donors (Lipinski definition) is 2. The van der Waals surface area contributed by atoms with Crippen molar-refractivity contribution in [1.82, 2.24) is 14.5 Å². The van der Waals surface area contributed by atoms with Crippen LogP contribution in [0.25, 0.3) is 11.1 Å². The summed E-state index contributed by atoms with van der Waals surface area (Å²) in [4.78, 5) is 11.5. The lowest BCUT2D eigenvalue weighted by Gasteiger charge is -2.17. The fourth-order valence-corrected chi connectivity index (χ4v) is 4.97. The van der Waals surface area contributed by atoms with E-state index in [0.29, 0.717) is 11.5 Å². The molecule has 162 valence electrons.